The van der Waals surface area contributed by atoms with Crippen LogP contribution in [0.25, 0.3) is 0 Å². The fourth-order valence-corrected chi connectivity index (χ4v) is 4.02. The maximum absolute atomic E-state index is 13.2. The minimum Gasteiger partial charge on any atom is -0.368 e. The van der Waals surface area contributed by atoms with Gasteiger partial charge in [0.1, 0.15) is 12.1 Å². The van der Waals surface area contributed by atoms with Crippen molar-refractivity contribution in [2.75, 3.05) is 52.8 Å². The van der Waals surface area contributed by atoms with Crippen LogP contribution >= 0.6 is 11.8 Å². The summed E-state index contributed by atoms with van der Waals surface area (Å²) in [5.41, 5.74) is 5.55. The average Bonchev–Trinajstić information content (AvgIpc) is 2.66. The lowest BCUT2D eigenvalue weighted by atomic mass is 10.0. The number of rotatable bonds is 15. The van der Waals surface area contributed by atoms with Crippen molar-refractivity contribution in [2.24, 2.45) is 11.7 Å². The SMILES string of the molecule is CCCC(=O)N(C)[C@H](CSCCNC(=O)CN(C)C)C(=O)N(C)[C@@H](CC(C)C)C(N)=O. The first-order chi connectivity index (χ1) is 14.4. The van der Waals surface area contributed by atoms with Crippen LogP contribution in [0.5, 0.6) is 0 Å². The van der Waals surface area contributed by atoms with Gasteiger partial charge >= 0.3 is 0 Å². The van der Waals surface area contributed by atoms with E-state index in [1.165, 1.54) is 21.6 Å². The van der Waals surface area contributed by atoms with E-state index in [9.17, 15) is 19.2 Å². The second-order valence-corrected chi connectivity index (χ2v) is 9.58. The molecule has 0 spiro atoms. The molecule has 0 fully saturated rings. The maximum atomic E-state index is 13.2. The summed E-state index contributed by atoms with van der Waals surface area (Å²) in [4.78, 5) is 54.0. The monoisotopic (exact) mass is 459 g/mol. The van der Waals surface area contributed by atoms with Gasteiger partial charge in [-0.3, -0.25) is 19.2 Å². The largest absolute Gasteiger partial charge is 0.368 e. The minimum atomic E-state index is -0.722. The van der Waals surface area contributed by atoms with E-state index in [1.54, 1.807) is 19.0 Å². The van der Waals surface area contributed by atoms with Crippen LogP contribution < -0.4 is 11.1 Å². The number of hydrogen-bond acceptors (Lipinski definition) is 6. The Morgan fingerprint density at radius 2 is 1.61 bits per heavy atom. The first-order valence-electron chi connectivity index (χ1n) is 10.7. The highest BCUT2D eigenvalue weighted by Gasteiger charge is 2.34. The predicted octanol–water partition coefficient (Wildman–Crippen LogP) is 0.383. The fraction of sp³-hybridized carbons (Fsp3) is 0.810. The number of likely N-dealkylation sites (N-methyl/N-ethyl adjacent to an activating group) is 3. The molecule has 0 saturated carbocycles. The third-order valence-corrected chi connectivity index (χ3v) is 5.80. The number of nitrogens with two attached hydrogens (primary N) is 1. The second-order valence-electron chi connectivity index (χ2n) is 8.43. The van der Waals surface area contributed by atoms with Crippen LogP contribution in [-0.4, -0.2) is 103 Å². The minimum absolute atomic E-state index is 0.0637. The van der Waals surface area contributed by atoms with Crippen LogP contribution in [0.1, 0.15) is 40.0 Å². The molecule has 0 heterocycles. The van der Waals surface area contributed by atoms with Crippen LogP contribution in [0, 0.1) is 5.92 Å². The van der Waals surface area contributed by atoms with Gasteiger partial charge in [0.05, 0.1) is 6.54 Å². The van der Waals surface area contributed by atoms with Crippen LogP contribution in [0.4, 0.5) is 0 Å². The van der Waals surface area contributed by atoms with Gasteiger partial charge in [-0.1, -0.05) is 20.8 Å². The Morgan fingerprint density at radius 1 is 1.00 bits per heavy atom. The summed E-state index contributed by atoms with van der Waals surface area (Å²) in [7, 11) is 6.83. The van der Waals surface area contributed by atoms with Crippen molar-refractivity contribution < 1.29 is 19.2 Å². The molecule has 0 aromatic carbocycles. The van der Waals surface area contributed by atoms with E-state index in [0.717, 1.165) is 0 Å². The number of carbonyl (C=O) groups excluding carboxylic acids is 4. The molecule has 0 unspecified atom stereocenters. The topological polar surface area (TPSA) is 116 Å². The Labute approximate surface area is 191 Å². The van der Waals surface area contributed by atoms with Crippen molar-refractivity contribution in [1.29, 1.82) is 0 Å². The van der Waals surface area contributed by atoms with Gasteiger partial charge in [-0.25, -0.2) is 0 Å². The molecule has 9 nitrogen and oxygen atoms in total. The van der Waals surface area contributed by atoms with Gasteiger partial charge in [0.15, 0.2) is 0 Å². The molecule has 0 aromatic rings. The summed E-state index contributed by atoms with van der Waals surface area (Å²) in [6, 6.07) is -1.43. The van der Waals surface area contributed by atoms with Crippen molar-refractivity contribution in [3.05, 3.63) is 0 Å². The molecule has 10 heteroatoms. The molecule has 0 aliphatic rings. The molecule has 0 aliphatic heterocycles. The van der Waals surface area contributed by atoms with E-state index >= 15 is 0 Å². The summed E-state index contributed by atoms with van der Waals surface area (Å²) < 4.78 is 0. The Kier molecular flexibility index (Phi) is 14.2. The van der Waals surface area contributed by atoms with E-state index < -0.39 is 18.0 Å². The van der Waals surface area contributed by atoms with Crippen molar-refractivity contribution in [1.82, 2.24) is 20.0 Å². The summed E-state index contributed by atoms with van der Waals surface area (Å²) in [5.74, 6) is 0.118. The van der Waals surface area contributed by atoms with Gasteiger partial charge in [-0.2, -0.15) is 11.8 Å². The van der Waals surface area contributed by atoms with E-state index in [2.05, 4.69) is 5.32 Å². The zero-order valence-electron chi connectivity index (χ0n) is 20.1. The molecule has 2 atom stereocenters. The Hall–Kier alpha value is -1.81. The van der Waals surface area contributed by atoms with Crippen LogP contribution in [0.3, 0.4) is 0 Å². The maximum Gasteiger partial charge on any atom is 0.246 e. The number of nitrogens with zero attached hydrogens (tertiary/aromatic N) is 3. The lowest BCUT2D eigenvalue weighted by Gasteiger charge is -2.34. The first kappa shape index (κ1) is 29.2. The molecule has 0 aromatic heterocycles. The number of thioether (sulfide) groups is 1. The molecular weight excluding hydrogens is 418 g/mol. The smallest absolute Gasteiger partial charge is 0.246 e. The van der Waals surface area contributed by atoms with Crippen molar-refractivity contribution in [2.45, 2.75) is 52.1 Å². The Morgan fingerprint density at radius 3 is 2.10 bits per heavy atom. The zero-order chi connectivity index (χ0) is 24.1. The highest BCUT2D eigenvalue weighted by Crippen LogP contribution is 2.16. The van der Waals surface area contributed by atoms with Crippen molar-refractivity contribution in [3.63, 3.8) is 0 Å². The molecule has 0 saturated heterocycles. The predicted molar refractivity (Wildman–Crippen MR) is 126 cm³/mol. The van der Waals surface area contributed by atoms with Gasteiger partial charge in [0.25, 0.3) is 0 Å². The quantitative estimate of drug-likeness (QED) is 0.342. The fourth-order valence-electron chi connectivity index (χ4n) is 3.01. The number of amides is 4. The van der Waals surface area contributed by atoms with Crippen LogP contribution in [-0.2, 0) is 19.2 Å². The molecular formula is C21H41N5O4S. The molecule has 0 rings (SSSR count). The number of nitrogens with one attached hydrogen (secondary N) is 1. The molecule has 0 bridgehead atoms. The van der Waals surface area contributed by atoms with Crippen molar-refractivity contribution >= 4 is 35.4 Å². The molecule has 180 valence electrons. The van der Waals surface area contributed by atoms with E-state index in [-0.39, 0.29) is 23.6 Å². The molecule has 0 aliphatic carbocycles. The summed E-state index contributed by atoms with van der Waals surface area (Å²) >= 11 is 1.48. The standard InChI is InChI=1S/C21H41N5O4S/c1-8-9-19(28)25(6)17(14-31-11-10-23-18(27)13-24(4)5)21(30)26(7)16(20(22)29)12-15(2)3/h15-17H,8-14H2,1-7H3,(H2,22,29)(H,23,27)/t16-,17+/m0/s1. The van der Waals surface area contributed by atoms with Crippen LogP contribution in [0.2, 0.25) is 0 Å². The Bertz CT molecular complexity index is 600. The molecule has 4 amide bonds. The first-order valence-corrected chi connectivity index (χ1v) is 11.9. The number of primary amides is 1. The third kappa shape index (κ3) is 11.4. The van der Waals surface area contributed by atoms with E-state index in [1.807, 2.05) is 34.9 Å². The van der Waals surface area contributed by atoms with Gasteiger partial charge < -0.3 is 25.8 Å². The number of carbonyl (C=O) groups is 4. The summed E-state index contributed by atoms with van der Waals surface area (Å²) in [5, 5.41) is 2.83. The van der Waals surface area contributed by atoms with Gasteiger partial charge in [-0.15, -0.1) is 0 Å². The number of hydrogen-bond donors (Lipinski definition) is 2. The highest BCUT2D eigenvalue weighted by atomic mass is 32.2. The van der Waals surface area contributed by atoms with Crippen LogP contribution in [0.15, 0.2) is 0 Å². The van der Waals surface area contributed by atoms with E-state index in [4.69, 9.17) is 5.73 Å². The molecule has 0 radical (unpaired) electrons. The average molecular weight is 460 g/mol. The van der Waals surface area contributed by atoms with Crippen molar-refractivity contribution in [3.8, 4) is 0 Å². The third-order valence-electron chi connectivity index (χ3n) is 4.75. The van der Waals surface area contributed by atoms with E-state index in [0.29, 0.717) is 43.9 Å². The lowest BCUT2D eigenvalue weighted by molar-refractivity contribution is -0.146. The van der Waals surface area contributed by atoms with Gasteiger partial charge in [0.2, 0.25) is 23.6 Å². The summed E-state index contributed by atoms with van der Waals surface area (Å²) in [6.07, 6.45) is 1.49. The molecule has 3 N–H and O–H groups in total. The molecule has 31 heavy (non-hydrogen) atoms. The summed E-state index contributed by atoms with van der Waals surface area (Å²) in [6.45, 7) is 6.62. The van der Waals surface area contributed by atoms with Gasteiger partial charge in [-0.05, 0) is 32.9 Å². The normalized spacial score (nSPS) is 13.1. The second kappa shape index (κ2) is 15.1. The lowest BCUT2D eigenvalue weighted by Crippen LogP contribution is -2.55. The highest BCUT2D eigenvalue weighted by molar-refractivity contribution is 7.99. The zero-order valence-corrected chi connectivity index (χ0v) is 21.0. The van der Waals surface area contributed by atoms with Gasteiger partial charge in [0, 0.05) is 38.6 Å². The Balaban J connectivity index is 5.16.